The second-order valence-corrected chi connectivity index (χ2v) is 14.1. The third-order valence-electron chi connectivity index (χ3n) is 9.34. The number of nitrogens with two attached hydrogens (primary N) is 1. The molecule has 0 spiro atoms. The Labute approximate surface area is 353 Å². The molecule has 314 valence electrons. The summed E-state index contributed by atoms with van der Waals surface area (Å²) < 4.78 is 4.57. The summed E-state index contributed by atoms with van der Waals surface area (Å²) in [6, 6.07) is 28.9. The largest absolute Gasteiger partial charge is 0.454 e. The lowest BCUT2D eigenvalue weighted by Gasteiger charge is -2.06. The van der Waals surface area contributed by atoms with Crippen LogP contribution in [-0.4, -0.2) is 46.2 Å². The predicted octanol–water partition coefficient (Wildman–Crippen LogP) is 10.8. The number of hydrogen-bond donors (Lipinski definition) is 4. The number of aryl methyl sites for hydroxylation is 3. The smallest absolute Gasteiger partial charge is 0.427 e. The molecule has 0 atom stereocenters. The normalized spacial score (nSPS) is 13.0. The lowest BCUT2D eigenvalue weighted by atomic mass is 9.84. The summed E-state index contributed by atoms with van der Waals surface area (Å²) in [6.07, 6.45) is 13.1. The van der Waals surface area contributed by atoms with E-state index in [1.807, 2.05) is 50.2 Å². The Morgan fingerprint density at radius 2 is 1.07 bits per heavy atom. The number of nitriles is 2. The van der Waals surface area contributed by atoms with Crippen LogP contribution in [0, 0.1) is 43.4 Å². The van der Waals surface area contributed by atoms with Crippen molar-refractivity contribution in [1.82, 2.24) is 29.1 Å². The fourth-order valence-corrected chi connectivity index (χ4v) is 5.86. The number of hydrogen-bond acceptors (Lipinski definition) is 8. The van der Waals surface area contributed by atoms with Crippen LogP contribution in [0.4, 0.5) is 0 Å². The van der Waals surface area contributed by atoms with Crippen molar-refractivity contribution in [2.24, 2.45) is 5.73 Å². The van der Waals surface area contributed by atoms with E-state index in [4.69, 9.17) is 26.3 Å². The molecule has 3 aliphatic carbocycles. The van der Waals surface area contributed by atoms with Gasteiger partial charge in [-0.25, -0.2) is 15.0 Å². The maximum Gasteiger partial charge on any atom is 0.454 e. The van der Waals surface area contributed by atoms with Gasteiger partial charge in [-0.1, -0.05) is 74.2 Å². The molecule has 12 heteroatoms. The van der Waals surface area contributed by atoms with E-state index in [1.54, 1.807) is 18.3 Å². The number of nitrogens with zero attached hydrogens (tertiary/aromatic N) is 7. The van der Waals surface area contributed by atoms with Crippen molar-refractivity contribution in [3.05, 3.63) is 125 Å². The zero-order valence-corrected chi connectivity index (χ0v) is 31.0. The van der Waals surface area contributed by atoms with Crippen LogP contribution in [0.2, 0.25) is 5.82 Å². The van der Waals surface area contributed by atoms with E-state index in [9.17, 15) is 0 Å². The molecule has 3 aromatic heterocycles. The Hall–Kier alpha value is -5.79. The van der Waals surface area contributed by atoms with Crippen molar-refractivity contribution >= 4 is 7.12 Å². The lowest BCUT2D eigenvalue weighted by Crippen LogP contribution is -2.09. The fraction of sp³-hybridized carbons (Fsp3) is 0.383. The van der Waals surface area contributed by atoms with Gasteiger partial charge in [0, 0.05) is 59.6 Å². The van der Waals surface area contributed by atoms with Crippen LogP contribution in [0.1, 0.15) is 122 Å². The monoisotopic (exact) mass is 800 g/mol. The van der Waals surface area contributed by atoms with Gasteiger partial charge in [-0.2, -0.15) is 10.5 Å². The summed E-state index contributed by atoms with van der Waals surface area (Å²) >= 11 is 0. The van der Waals surface area contributed by atoms with Gasteiger partial charge >= 0.3 is 7.12 Å². The summed E-state index contributed by atoms with van der Waals surface area (Å²) in [7, 11) is -1.04. The molecule has 3 aromatic carbocycles. The van der Waals surface area contributed by atoms with Gasteiger partial charge < -0.3 is 29.9 Å². The van der Waals surface area contributed by atoms with Gasteiger partial charge in [0.05, 0.1) is 34.7 Å². The zero-order chi connectivity index (χ0) is 38.2. The molecule has 3 heterocycles. The highest BCUT2D eigenvalue weighted by Crippen LogP contribution is 2.39. The van der Waals surface area contributed by atoms with Crippen molar-refractivity contribution in [3.8, 4) is 46.3 Å². The predicted molar refractivity (Wildman–Crippen MR) is 244 cm³/mol. The van der Waals surface area contributed by atoms with Crippen LogP contribution in [0.15, 0.2) is 91.4 Å². The Kier molecular flexibility index (Phi) is 20.5. The minimum absolute atomic E-state index is 0. The number of aromatic amines is 1. The van der Waals surface area contributed by atoms with Crippen molar-refractivity contribution < 1.29 is 10.0 Å². The third kappa shape index (κ3) is 14.2. The standard InChI is InChI=1S/C14H17N3.C14H13N3.C11H9N3.C3H7BO2.5CH4/c2*1-10-9-17(13-6-7-13)14(16-10)12-4-2-11(8-15)3-5-12;1-8-7-13-11(14-8)10-4-2-9(6-12)3-5-10;5-4(6)3-1-2-3;;;;;/h2-5,9,13H,6-8,15H2,1H3;2-5,9,13H,6-7H2,1H3;2-5,7H,1H3,(H,13,14);3,5-6H,1-2H2;5*1H4. The average molecular weight is 800 g/mol. The van der Waals surface area contributed by atoms with Crippen LogP contribution in [0.3, 0.4) is 0 Å². The van der Waals surface area contributed by atoms with Crippen LogP contribution in [0.25, 0.3) is 34.2 Å². The molecule has 0 saturated heterocycles. The van der Waals surface area contributed by atoms with E-state index in [1.165, 1.54) is 31.2 Å². The molecule has 0 amide bonds. The van der Waals surface area contributed by atoms with Crippen molar-refractivity contribution in [3.63, 3.8) is 0 Å². The first kappa shape index (κ1) is 51.2. The maximum absolute atomic E-state index is 8.79. The summed E-state index contributed by atoms with van der Waals surface area (Å²) in [5.74, 6) is 3.17. The quantitative estimate of drug-likeness (QED) is 0.115. The van der Waals surface area contributed by atoms with Gasteiger partial charge in [-0.3, -0.25) is 0 Å². The first-order valence-electron chi connectivity index (χ1n) is 18.4. The third-order valence-corrected chi connectivity index (χ3v) is 9.34. The van der Waals surface area contributed by atoms with Crippen LogP contribution < -0.4 is 5.73 Å². The molecule has 11 nitrogen and oxygen atoms in total. The lowest BCUT2D eigenvalue weighted by molar-refractivity contribution is 0.403. The van der Waals surface area contributed by atoms with Gasteiger partial charge in [-0.05, 0) is 106 Å². The summed E-state index contributed by atoms with van der Waals surface area (Å²) in [5.41, 5.74) is 14.6. The Balaban J connectivity index is 0.000000399. The molecule has 5 N–H and O–H groups in total. The first-order valence-corrected chi connectivity index (χ1v) is 18.4. The number of H-pyrrole nitrogens is 1. The number of nitrogens with one attached hydrogen (secondary N) is 1. The number of imidazole rings is 3. The first-order chi connectivity index (χ1) is 26.1. The molecule has 3 saturated carbocycles. The van der Waals surface area contributed by atoms with E-state index in [0.717, 1.165) is 64.1 Å². The molecule has 9 rings (SSSR count). The van der Waals surface area contributed by atoms with Gasteiger partial charge in [0.2, 0.25) is 0 Å². The van der Waals surface area contributed by atoms with Crippen molar-refractivity contribution in [2.75, 3.05) is 0 Å². The topological polar surface area (TPSA) is 178 Å². The van der Waals surface area contributed by atoms with Crippen molar-refractivity contribution in [1.29, 1.82) is 10.5 Å². The molecule has 3 fully saturated rings. The zero-order valence-electron chi connectivity index (χ0n) is 31.0. The van der Waals surface area contributed by atoms with E-state index in [2.05, 4.69) is 84.8 Å². The second kappa shape index (κ2) is 23.6. The Bertz CT molecular complexity index is 2210. The molecule has 0 bridgehead atoms. The molecule has 3 aliphatic rings. The van der Waals surface area contributed by atoms with E-state index < -0.39 is 7.12 Å². The number of aromatic nitrogens is 6. The SMILES string of the molecule is C.C.C.C.C.Cc1cn(C2CC2)c(-c2ccc(C#N)cc2)n1.Cc1cn(C2CC2)c(-c2ccc(CN)cc2)n1.Cc1cnc(-c2ccc(C#N)cc2)[nH]1.OB(O)C1CC1. The molecule has 59 heavy (non-hydrogen) atoms. The van der Waals surface area contributed by atoms with Gasteiger partial charge in [0.1, 0.15) is 17.5 Å². The Morgan fingerprint density at radius 3 is 1.37 bits per heavy atom. The molecular weight excluding hydrogens is 733 g/mol. The summed E-state index contributed by atoms with van der Waals surface area (Å²) in [4.78, 5) is 16.5. The van der Waals surface area contributed by atoms with Crippen LogP contribution >= 0.6 is 0 Å². The highest BCUT2D eigenvalue weighted by atomic mass is 16.4. The van der Waals surface area contributed by atoms with Gasteiger partial charge in [-0.15, -0.1) is 0 Å². The van der Waals surface area contributed by atoms with Crippen LogP contribution in [-0.2, 0) is 6.54 Å². The minimum atomic E-state index is -1.04. The number of benzene rings is 3. The molecule has 0 radical (unpaired) electrons. The molecule has 6 aromatic rings. The molecule has 0 aliphatic heterocycles. The van der Waals surface area contributed by atoms with Crippen LogP contribution in [0.5, 0.6) is 0 Å². The van der Waals surface area contributed by atoms with E-state index in [0.29, 0.717) is 29.8 Å². The number of rotatable bonds is 7. The van der Waals surface area contributed by atoms with Gasteiger partial charge in [0.25, 0.3) is 0 Å². The Morgan fingerprint density at radius 1 is 0.661 bits per heavy atom. The van der Waals surface area contributed by atoms with E-state index in [-0.39, 0.29) is 43.0 Å². The maximum atomic E-state index is 8.79. The second-order valence-electron chi connectivity index (χ2n) is 14.1. The summed E-state index contributed by atoms with van der Waals surface area (Å²) in [6.45, 7) is 6.62. The van der Waals surface area contributed by atoms with Crippen molar-refractivity contribution in [2.45, 2.75) is 121 Å². The molecule has 0 unspecified atom stereocenters. The highest BCUT2D eigenvalue weighted by molar-refractivity contribution is 6.44. The minimum Gasteiger partial charge on any atom is -0.427 e. The van der Waals surface area contributed by atoms with E-state index >= 15 is 0 Å². The fourth-order valence-electron chi connectivity index (χ4n) is 5.86. The summed E-state index contributed by atoms with van der Waals surface area (Å²) in [5, 5.41) is 33.9. The van der Waals surface area contributed by atoms with Gasteiger partial charge in [0.15, 0.2) is 0 Å². The molecular formula is C47H66BN9O2. The average Bonchev–Trinajstić information content (AvgIpc) is 4.12. The highest BCUT2D eigenvalue weighted by Gasteiger charge is 2.33.